The number of aromatic nitrogens is 5. The largest absolute Gasteiger partial charge is 0.342 e. The molecule has 182 valence electrons. The van der Waals surface area contributed by atoms with Crippen LogP contribution in [-0.4, -0.2) is 49.4 Å². The summed E-state index contributed by atoms with van der Waals surface area (Å²) in [5.74, 6) is -0.0301. The van der Waals surface area contributed by atoms with Gasteiger partial charge in [-0.05, 0) is 38.8 Å². The summed E-state index contributed by atoms with van der Waals surface area (Å²) in [7, 11) is 1.85. The first kappa shape index (κ1) is 23.5. The topological polar surface area (TPSA) is 79.7 Å². The minimum Gasteiger partial charge on any atom is -0.342 e. The van der Waals surface area contributed by atoms with E-state index >= 15 is 0 Å². The number of aromatic amines is 1. The normalized spacial score (nSPS) is 11.3. The van der Waals surface area contributed by atoms with Gasteiger partial charge in [0.05, 0.1) is 28.5 Å². The van der Waals surface area contributed by atoms with Crippen LogP contribution in [0.15, 0.2) is 79.0 Å². The fourth-order valence-electron chi connectivity index (χ4n) is 4.39. The van der Waals surface area contributed by atoms with Gasteiger partial charge in [0.15, 0.2) is 5.65 Å². The predicted molar refractivity (Wildman–Crippen MR) is 143 cm³/mol. The van der Waals surface area contributed by atoms with Gasteiger partial charge in [0.1, 0.15) is 0 Å². The van der Waals surface area contributed by atoms with Crippen LogP contribution in [-0.2, 0) is 6.42 Å². The van der Waals surface area contributed by atoms with Gasteiger partial charge in [-0.3, -0.25) is 9.89 Å². The predicted octanol–water partition coefficient (Wildman–Crippen LogP) is 5.77. The van der Waals surface area contributed by atoms with Gasteiger partial charge >= 0.3 is 0 Å². The summed E-state index contributed by atoms with van der Waals surface area (Å²) in [6, 6.07) is 24.2. The van der Waals surface area contributed by atoms with Gasteiger partial charge in [-0.1, -0.05) is 60.7 Å². The van der Waals surface area contributed by atoms with Crippen molar-refractivity contribution >= 4 is 16.9 Å². The fourth-order valence-corrected chi connectivity index (χ4v) is 4.39. The van der Waals surface area contributed by atoms with Crippen molar-refractivity contribution in [2.75, 3.05) is 13.6 Å². The fraction of sp³-hybridized carbons (Fsp3) is 0.241. The molecule has 3 aromatic heterocycles. The Morgan fingerprint density at radius 2 is 1.64 bits per heavy atom. The average molecular weight is 479 g/mol. The van der Waals surface area contributed by atoms with Crippen molar-refractivity contribution in [1.29, 1.82) is 0 Å². The van der Waals surface area contributed by atoms with Crippen LogP contribution in [0.5, 0.6) is 0 Å². The van der Waals surface area contributed by atoms with E-state index in [1.807, 2.05) is 78.5 Å². The van der Waals surface area contributed by atoms with E-state index < -0.39 is 0 Å². The number of hydrogen-bond donors (Lipinski definition) is 1. The highest BCUT2D eigenvalue weighted by Crippen LogP contribution is 2.27. The number of fused-ring (bicyclic) bond motifs is 1. The molecular weight excluding hydrogens is 448 g/mol. The Balaban J connectivity index is 1.34. The smallest absolute Gasteiger partial charge is 0.254 e. The molecule has 36 heavy (non-hydrogen) atoms. The van der Waals surface area contributed by atoms with Gasteiger partial charge in [-0.15, -0.1) is 0 Å². The van der Waals surface area contributed by atoms with E-state index in [1.54, 1.807) is 11.1 Å². The molecule has 7 heteroatoms. The number of carbonyl (C=O) groups excluding carboxylic acids is 1. The van der Waals surface area contributed by atoms with E-state index in [-0.39, 0.29) is 11.9 Å². The first-order valence-electron chi connectivity index (χ1n) is 12.3. The highest BCUT2D eigenvalue weighted by Gasteiger charge is 2.21. The highest BCUT2D eigenvalue weighted by molar-refractivity contribution is 6.06. The molecule has 0 aliphatic carbocycles. The van der Waals surface area contributed by atoms with Crippen LogP contribution in [0.2, 0.25) is 0 Å². The molecular formula is C29H30N6O. The first-order valence-corrected chi connectivity index (χ1v) is 12.3. The lowest BCUT2D eigenvalue weighted by Gasteiger charge is -2.18. The molecule has 1 amide bonds. The molecule has 0 aliphatic heterocycles. The summed E-state index contributed by atoms with van der Waals surface area (Å²) >= 11 is 0. The van der Waals surface area contributed by atoms with Crippen LogP contribution in [0, 0.1) is 0 Å². The molecule has 0 saturated carbocycles. The molecule has 3 heterocycles. The number of pyridine rings is 1. The molecule has 0 radical (unpaired) electrons. The second-order valence-electron chi connectivity index (χ2n) is 9.32. The van der Waals surface area contributed by atoms with E-state index in [0.717, 1.165) is 52.1 Å². The summed E-state index contributed by atoms with van der Waals surface area (Å²) in [6.45, 7) is 4.76. The summed E-state index contributed by atoms with van der Waals surface area (Å²) in [4.78, 5) is 20.3. The van der Waals surface area contributed by atoms with E-state index in [1.165, 1.54) is 0 Å². The standard InChI is InChI=1S/C29H30N6O/c1-20(2)35-28-25(19-30-35)24(18-26(31-28)21-11-6-4-7-12-21)29(36)34(3)16-10-15-23-17-27(33-32-23)22-13-8-5-9-14-22/h4-9,11-14,17-20H,10,15-16H2,1-3H3,(H,32,33). The number of carbonyl (C=O) groups is 1. The number of nitrogens with zero attached hydrogens (tertiary/aromatic N) is 5. The van der Waals surface area contributed by atoms with Crippen molar-refractivity contribution in [1.82, 2.24) is 29.9 Å². The lowest BCUT2D eigenvalue weighted by atomic mass is 10.1. The monoisotopic (exact) mass is 478 g/mol. The number of amides is 1. The lowest BCUT2D eigenvalue weighted by Crippen LogP contribution is -2.28. The molecule has 1 N–H and O–H groups in total. The molecule has 2 aromatic carbocycles. The Kier molecular flexibility index (Phi) is 6.62. The molecule has 5 aromatic rings. The van der Waals surface area contributed by atoms with Gasteiger partial charge in [0.2, 0.25) is 0 Å². The minimum absolute atomic E-state index is 0.0301. The van der Waals surface area contributed by atoms with Crippen molar-refractivity contribution in [2.24, 2.45) is 0 Å². The van der Waals surface area contributed by atoms with Crippen LogP contribution >= 0.6 is 0 Å². The van der Waals surface area contributed by atoms with E-state index in [0.29, 0.717) is 12.1 Å². The molecule has 0 saturated heterocycles. The summed E-state index contributed by atoms with van der Waals surface area (Å²) in [5, 5.41) is 12.9. The molecule has 0 bridgehead atoms. The number of hydrogen-bond acceptors (Lipinski definition) is 4. The molecule has 0 aliphatic rings. The second-order valence-corrected chi connectivity index (χ2v) is 9.32. The third-order valence-corrected chi connectivity index (χ3v) is 6.34. The Morgan fingerprint density at radius 3 is 2.31 bits per heavy atom. The van der Waals surface area contributed by atoms with Crippen LogP contribution in [0.3, 0.4) is 0 Å². The number of H-pyrrole nitrogens is 1. The summed E-state index contributed by atoms with van der Waals surface area (Å²) in [5.41, 5.74) is 6.19. The van der Waals surface area contributed by atoms with Crippen molar-refractivity contribution in [3.63, 3.8) is 0 Å². The second kappa shape index (κ2) is 10.2. The maximum atomic E-state index is 13.6. The quantitative estimate of drug-likeness (QED) is 0.307. The van der Waals surface area contributed by atoms with E-state index in [9.17, 15) is 4.79 Å². The summed E-state index contributed by atoms with van der Waals surface area (Å²) < 4.78 is 1.88. The summed E-state index contributed by atoms with van der Waals surface area (Å²) in [6.07, 6.45) is 3.39. The van der Waals surface area contributed by atoms with E-state index in [4.69, 9.17) is 4.98 Å². The molecule has 0 unspecified atom stereocenters. The molecule has 5 rings (SSSR count). The average Bonchev–Trinajstić information content (AvgIpc) is 3.56. The Morgan fingerprint density at radius 1 is 0.972 bits per heavy atom. The Hall–Kier alpha value is -4.26. The lowest BCUT2D eigenvalue weighted by molar-refractivity contribution is 0.0795. The maximum absolute atomic E-state index is 13.6. The molecule has 0 spiro atoms. The zero-order valence-electron chi connectivity index (χ0n) is 20.8. The highest BCUT2D eigenvalue weighted by atomic mass is 16.2. The Labute approximate surface area is 210 Å². The zero-order chi connectivity index (χ0) is 25.1. The van der Waals surface area contributed by atoms with Crippen LogP contribution < -0.4 is 0 Å². The van der Waals surface area contributed by atoms with Gasteiger partial charge in [0.25, 0.3) is 5.91 Å². The first-order chi connectivity index (χ1) is 17.5. The third kappa shape index (κ3) is 4.77. The van der Waals surface area contributed by atoms with Gasteiger partial charge in [0, 0.05) is 36.5 Å². The number of aryl methyl sites for hydroxylation is 1. The van der Waals surface area contributed by atoms with Crippen LogP contribution in [0.4, 0.5) is 0 Å². The number of rotatable bonds is 8. The van der Waals surface area contributed by atoms with Crippen molar-refractivity contribution in [3.8, 4) is 22.5 Å². The zero-order valence-corrected chi connectivity index (χ0v) is 20.8. The van der Waals surface area contributed by atoms with Crippen LogP contribution in [0.25, 0.3) is 33.5 Å². The number of benzene rings is 2. The molecule has 0 fully saturated rings. The van der Waals surface area contributed by atoms with Gasteiger partial charge in [-0.25, -0.2) is 9.67 Å². The Bertz CT molecular complexity index is 1470. The maximum Gasteiger partial charge on any atom is 0.254 e. The van der Waals surface area contributed by atoms with Crippen LogP contribution in [0.1, 0.15) is 42.4 Å². The number of nitrogens with one attached hydrogen (secondary N) is 1. The van der Waals surface area contributed by atoms with E-state index in [2.05, 4.69) is 35.2 Å². The molecule has 7 nitrogen and oxygen atoms in total. The van der Waals surface area contributed by atoms with Crippen molar-refractivity contribution in [2.45, 2.75) is 32.7 Å². The van der Waals surface area contributed by atoms with Gasteiger partial charge in [-0.2, -0.15) is 10.2 Å². The van der Waals surface area contributed by atoms with Gasteiger partial charge < -0.3 is 4.90 Å². The minimum atomic E-state index is -0.0301. The molecule has 0 atom stereocenters. The van der Waals surface area contributed by atoms with Crippen molar-refractivity contribution in [3.05, 3.63) is 90.3 Å². The third-order valence-electron chi connectivity index (χ3n) is 6.34. The van der Waals surface area contributed by atoms with Crippen molar-refractivity contribution < 1.29 is 4.79 Å². The SMILES string of the molecule is CC(C)n1ncc2c(C(=O)N(C)CCCc3cc(-c4ccccc4)n[nH]3)cc(-c3ccccc3)nc21.